The van der Waals surface area contributed by atoms with Crippen LogP contribution in [0.25, 0.3) is 0 Å². The normalized spacial score (nSPS) is 15.3. The fourth-order valence-electron chi connectivity index (χ4n) is 1.63. The second-order valence-corrected chi connectivity index (χ2v) is 4.15. The molecule has 0 unspecified atom stereocenters. The van der Waals surface area contributed by atoms with Gasteiger partial charge in [-0.3, -0.25) is 9.59 Å². The number of carbonyl (C=O) groups is 2. The zero-order valence-electron chi connectivity index (χ0n) is 9.30. The predicted molar refractivity (Wildman–Crippen MR) is 56.8 cm³/mol. The van der Waals surface area contributed by atoms with E-state index in [9.17, 15) is 9.59 Å². The highest BCUT2D eigenvalue weighted by Crippen LogP contribution is 2.26. The third-order valence-electron chi connectivity index (χ3n) is 2.80. The van der Waals surface area contributed by atoms with Crippen LogP contribution in [0.4, 0.5) is 0 Å². The average Bonchev–Trinajstić information content (AvgIpc) is 2.59. The van der Waals surface area contributed by atoms with Gasteiger partial charge in [0.25, 0.3) is 0 Å². The summed E-state index contributed by atoms with van der Waals surface area (Å²) in [4.78, 5) is 21.9. The summed E-state index contributed by atoms with van der Waals surface area (Å²) in [7, 11) is 0. The molecule has 0 aromatic carbocycles. The van der Waals surface area contributed by atoms with Crippen molar-refractivity contribution in [3.63, 3.8) is 0 Å². The Morgan fingerprint density at radius 2 is 2.29 bits per heavy atom. The summed E-state index contributed by atoms with van der Waals surface area (Å²) in [6, 6.07) is 0. The SMILES string of the molecule is O=C(O)Cn1cc(CNC(=O)C2CCC2)nn1. The molecular weight excluding hydrogens is 224 g/mol. The van der Waals surface area contributed by atoms with Crippen LogP contribution in [-0.4, -0.2) is 32.0 Å². The average molecular weight is 238 g/mol. The minimum Gasteiger partial charge on any atom is -0.480 e. The molecule has 1 aliphatic rings. The molecule has 0 bridgehead atoms. The third-order valence-corrected chi connectivity index (χ3v) is 2.80. The highest BCUT2D eigenvalue weighted by atomic mass is 16.4. The molecule has 7 nitrogen and oxygen atoms in total. The number of nitrogens with one attached hydrogen (secondary N) is 1. The Morgan fingerprint density at radius 1 is 1.53 bits per heavy atom. The summed E-state index contributed by atoms with van der Waals surface area (Å²) in [6.45, 7) is 0.0819. The van der Waals surface area contributed by atoms with E-state index in [0.717, 1.165) is 19.3 Å². The van der Waals surface area contributed by atoms with Gasteiger partial charge in [-0.25, -0.2) is 4.68 Å². The van der Waals surface area contributed by atoms with Crippen LogP contribution < -0.4 is 5.32 Å². The van der Waals surface area contributed by atoms with Crippen LogP contribution in [0.3, 0.4) is 0 Å². The highest BCUT2D eigenvalue weighted by Gasteiger charge is 2.24. The number of carbonyl (C=O) groups excluding carboxylic acids is 1. The van der Waals surface area contributed by atoms with Gasteiger partial charge in [0, 0.05) is 5.92 Å². The van der Waals surface area contributed by atoms with Crippen LogP contribution in [0, 0.1) is 5.92 Å². The minimum absolute atomic E-state index is 0.0454. The Balaban J connectivity index is 1.80. The smallest absolute Gasteiger partial charge is 0.325 e. The number of rotatable bonds is 5. The minimum atomic E-state index is -0.972. The lowest BCUT2D eigenvalue weighted by Gasteiger charge is -2.23. The maximum Gasteiger partial charge on any atom is 0.325 e. The summed E-state index contributed by atoms with van der Waals surface area (Å²) in [5, 5.41) is 18.7. The first-order valence-electron chi connectivity index (χ1n) is 5.53. The predicted octanol–water partition coefficient (Wildman–Crippen LogP) is -0.221. The molecule has 0 aliphatic heterocycles. The van der Waals surface area contributed by atoms with E-state index in [0.29, 0.717) is 12.2 Å². The zero-order valence-corrected chi connectivity index (χ0v) is 9.30. The Labute approximate surface area is 97.8 Å². The maximum absolute atomic E-state index is 11.5. The molecule has 0 atom stereocenters. The van der Waals surface area contributed by atoms with E-state index >= 15 is 0 Å². The van der Waals surface area contributed by atoms with Crippen molar-refractivity contribution in [3.8, 4) is 0 Å². The topological polar surface area (TPSA) is 97.1 Å². The number of aromatic nitrogens is 3. The molecule has 1 heterocycles. The number of amides is 1. The summed E-state index contributed by atoms with van der Waals surface area (Å²) < 4.78 is 1.23. The number of hydrogen-bond donors (Lipinski definition) is 2. The van der Waals surface area contributed by atoms with Crippen molar-refractivity contribution >= 4 is 11.9 Å². The lowest BCUT2D eigenvalue weighted by molar-refractivity contribution is -0.138. The van der Waals surface area contributed by atoms with Gasteiger partial charge in [0.2, 0.25) is 5.91 Å². The first kappa shape index (κ1) is 11.6. The fourth-order valence-corrected chi connectivity index (χ4v) is 1.63. The van der Waals surface area contributed by atoms with Gasteiger partial charge in [-0.1, -0.05) is 11.6 Å². The largest absolute Gasteiger partial charge is 0.480 e. The van der Waals surface area contributed by atoms with E-state index in [1.54, 1.807) is 0 Å². The van der Waals surface area contributed by atoms with Gasteiger partial charge in [-0.2, -0.15) is 0 Å². The Hall–Kier alpha value is -1.92. The van der Waals surface area contributed by atoms with Crippen LogP contribution in [-0.2, 0) is 22.7 Å². The summed E-state index contributed by atoms with van der Waals surface area (Å²) in [6.07, 6.45) is 4.55. The summed E-state index contributed by atoms with van der Waals surface area (Å²) >= 11 is 0. The molecule has 1 aromatic rings. The Morgan fingerprint density at radius 3 is 2.88 bits per heavy atom. The fraction of sp³-hybridized carbons (Fsp3) is 0.600. The third kappa shape index (κ3) is 3.02. The van der Waals surface area contributed by atoms with E-state index in [1.165, 1.54) is 10.9 Å². The van der Waals surface area contributed by atoms with Crippen molar-refractivity contribution in [3.05, 3.63) is 11.9 Å². The molecule has 1 fully saturated rings. The molecule has 92 valence electrons. The van der Waals surface area contributed by atoms with Crippen LogP contribution in [0.15, 0.2) is 6.20 Å². The van der Waals surface area contributed by atoms with Crippen molar-refractivity contribution in [2.24, 2.45) is 5.92 Å². The Bertz CT molecular complexity index is 425. The lowest BCUT2D eigenvalue weighted by atomic mass is 9.85. The van der Waals surface area contributed by atoms with E-state index in [2.05, 4.69) is 15.6 Å². The number of carboxylic acid groups (broad SMARTS) is 1. The second-order valence-electron chi connectivity index (χ2n) is 4.15. The van der Waals surface area contributed by atoms with E-state index in [4.69, 9.17) is 5.11 Å². The van der Waals surface area contributed by atoms with Gasteiger partial charge in [0.15, 0.2) is 0 Å². The molecule has 1 saturated carbocycles. The first-order valence-corrected chi connectivity index (χ1v) is 5.53. The van der Waals surface area contributed by atoms with Crippen molar-refractivity contribution < 1.29 is 14.7 Å². The quantitative estimate of drug-likeness (QED) is 0.739. The molecule has 17 heavy (non-hydrogen) atoms. The van der Waals surface area contributed by atoms with Crippen LogP contribution >= 0.6 is 0 Å². The van der Waals surface area contributed by atoms with Gasteiger partial charge in [0.1, 0.15) is 12.2 Å². The molecule has 0 spiro atoms. The summed E-state index contributed by atoms with van der Waals surface area (Å²) in [5.41, 5.74) is 0.568. The van der Waals surface area contributed by atoms with Crippen molar-refractivity contribution in [2.45, 2.75) is 32.4 Å². The molecule has 1 amide bonds. The van der Waals surface area contributed by atoms with Crippen molar-refractivity contribution in [1.82, 2.24) is 20.3 Å². The molecule has 1 aromatic heterocycles. The molecule has 0 saturated heterocycles. The number of nitrogens with zero attached hydrogens (tertiary/aromatic N) is 3. The standard InChI is InChI=1S/C10H14N4O3/c15-9(16)6-14-5-8(12-13-14)4-11-10(17)7-2-1-3-7/h5,7H,1-4,6H2,(H,11,17)(H,15,16). The van der Waals surface area contributed by atoms with Gasteiger partial charge in [-0.05, 0) is 12.8 Å². The molecular formula is C10H14N4O3. The highest BCUT2D eigenvalue weighted by molar-refractivity contribution is 5.79. The molecule has 7 heteroatoms. The Kier molecular flexibility index (Phi) is 3.36. The van der Waals surface area contributed by atoms with Gasteiger partial charge in [-0.15, -0.1) is 5.10 Å². The van der Waals surface area contributed by atoms with Crippen molar-refractivity contribution in [2.75, 3.05) is 0 Å². The number of carboxylic acids is 1. The lowest BCUT2D eigenvalue weighted by Crippen LogP contribution is -2.34. The zero-order chi connectivity index (χ0) is 12.3. The molecule has 2 N–H and O–H groups in total. The van der Waals surface area contributed by atoms with E-state index in [-0.39, 0.29) is 18.4 Å². The van der Waals surface area contributed by atoms with Gasteiger partial charge >= 0.3 is 5.97 Å². The summed E-state index contributed by atoms with van der Waals surface area (Å²) in [5.74, 6) is -0.784. The van der Waals surface area contributed by atoms with Gasteiger partial charge < -0.3 is 10.4 Å². The van der Waals surface area contributed by atoms with Crippen LogP contribution in [0.5, 0.6) is 0 Å². The number of hydrogen-bond acceptors (Lipinski definition) is 4. The first-order chi connectivity index (χ1) is 8.15. The van der Waals surface area contributed by atoms with E-state index in [1.807, 2.05) is 0 Å². The molecule has 0 radical (unpaired) electrons. The van der Waals surface area contributed by atoms with E-state index < -0.39 is 5.97 Å². The second kappa shape index (κ2) is 4.94. The number of aliphatic carboxylic acids is 1. The van der Waals surface area contributed by atoms with Crippen LogP contribution in [0.2, 0.25) is 0 Å². The van der Waals surface area contributed by atoms with Crippen molar-refractivity contribution in [1.29, 1.82) is 0 Å². The molecule has 1 aliphatic carbocycles. The monoisotopic (exact) mass is 238 g/mol. The van der Waals surface area contributed by atoms with Gasteiger partial charge in [0.05, 0.1) is 12.7 Å². The molecule has 2 rings (SSSR count). The maximum atomic E-state index is 11.5. The van der Waals surface area contributed by atoms with Crippen LogP contribution in [0.1, 0.15) is 25.0 Å².